The minimum Gasteiger partial charge on any atom is -0.504 e. The van der Waals surface area contributed by atoms with Crippen LogP contribution in [0.3, 0.4) is 0 Å². The molecular weight excluding hydrogens is 252 g/mol. The molecule has 0 spiro atoms. The predicted molar refractivity (Wildman–Crippen MR) is 81.4 cm³/mol. The summed E-state index contributed by atoms with van der Waals surface area (Å²) in [5.41, 5.74) is 1.58. The second kappa shape index (κ2) is 5.47. The van der Waals surface area contributed by atoms with Gasteiger partial charge in [0.15, 0.2) is 11.5 Å². The zero-order chi connectivity index (χ0) is 15.7. The van der Waals surface area contributed by atoms with Gasteiger partial charge in [0.2, 0.25) is 0 Å². The standard InChI is InChI=1S/C17H26O3/c1-8-13(18)20-12-10-9-11(16(2,3)4)14(15(12)19)17(5,6)7/h9-10,19H,8H2,1-7H3. The molecule has 0 aliphatic carbocycles. The van der Waals surface area contributed by atoms with Crippen LogP contribution in [0.4, 0.5) is 0 Å². The van der Waals surface area contributed by atoms with E-state index in [4.69, 9.17) is 4.74 Å². The van der Waals surface area contributed by atoms with E-state index in [0.717, 1.165) is 11.1 Å². The van der Waals surface area contributed by atoms with Gasteiger partial charge in [-0.1, -0.05) is 54.5 Å². The van der Waals surface area contributed by atoms with E-state index in [0.29, 0.717) is 0 Å². The minimum atomic E-state index is -0.344. The molecule has 0 amide bonds. The van der Waals surface area contributed by atoms with Gasteiger partial charge >= 0.3 is 5.97 Å². The molecular formula is C17H26O3. The van der Waals surface area contributed by atoms with E-state index in [-0.39, 0.29) is 34.7 Å². The molecule has 1 N–H and O–H groups in total. The second-order valence-corrected chi connectivity index (χ2v) is 7.16. The lowest BCUT2D eigenvalue weighted by atomic mass is 9.74. The zero-order valence-electron chi connectivity index (χ0n) is 13.6. The van der Waals surface area contributed by atoms with Crippen molar-refractivity contribution in [2.45, 2.75) is 65.7 Å². The van der Waals surface area contributed by atoms with Crippen molar-refractivity contribution < 1.29 is 14.6 Å². The normalized spacial score (nSPS) is 12.3. The number of carbonyl (C=O) groups is 1. The lowest BCUT2D eigenvalue weighted by Gasteiger charge is -2.31. The van der Waals surface area contributed by atoms with Crippen LogP contribution in [0.2, 0.25) is 0 Å². The maximum atomic E-state index is 11.4. The Kier molecular flexibility index (Phi) is 4.52. The summed E-state index contributed by atoms with van der Waals surface area (Å²) in [7, 11) is 0. The van der Waals surface area contributed by atoms with Crippen LogP contribution in [0.1, 0.15) is 66.0 Å². The molecule has 0 aliphatic rings. The lowest BCUT2D eigenvalue weighted by molar-refractivity contribution is -0.134. The summed E-state index contributed by atoms with van der Waals surface area (Å²) in [5.74, 6) is -0.0230. The van der Waals surface area contributed by atoms with E-state index in [2.05, 4.69) is 20.8 Å². The van der Waals surface area contributed by atoms with Gasteiger partial charge in [-0.15, -0.1) is 0 Å². The molecule has 1 rings (SSSR count). The average Bonchev–Trinajstić information content (AvgIpc) is 2.28. The summed E-state index contributed by atoms with van der Waals surface area (Å²) in [6, 6.07) is 3.62. The van der Waals surface area contributed by atoms with Gasteiger partial charge in [0, 0.05) is 12.0 Å². The van der Waals surface area contributed by atoms with Gasteiger partial charge in [0.05, 0.1) is 0 Å². The van der Waals surface area contributed by atoms with E-state index < -0.39 is 0 Å². The number of phenols is 1. The Balaban J connectivity index is 3.48. The van der Waals surface area contributed by atoms with Crippen LogP contribution in [0, 0.1) is 0 Å². The quantitative estimate of drug-likeness (QED) is 0.648. The Bertz CT molecular complexity index is 502. The Morgan fingerprint density at radius 1 is 1.10 bits per heavy atom. The molecule has 0 atom stereocenters. The third-order valence-electron chi connectivity index (χ3n) is 3.21. The van der Waals surface area contributed by atoms with Crippen molar-refractivity contribution in [3.05, 3.63) is 23.3 Å². The van der Waals surface area contributed by atoms with E-state index >= 15 is 0 Å². The zero-order valence-corrected chi connectivity index (χ0v) is 13.6. The molecule has 0 unspecified atom stereocenters. The van der Waals surface area contributed by atoms with Gasteiger partial charge in [-0.2, -0.15) is 0 Å². The maximum Gasteiger partial charge on any atom is 0.311 e. The van der Waals surface area contributed by atoms with Crippen LogP contribution in [0.5, 0.6) is 11.5 Å². The number of esters is 1. The van der Waals surface area contributed by atoms with Crippen molar-refractivity contribution in [2.24, 2.45) is 0 Å². The number of aromatic hydroxyl groups is 1. The molecule has 0 heterocycles. The molecule has 1 aromatic rings. The van der Waals surface area contributed by atoms with Crippen molar-refractivity contribution in [2.75, 3.05) is 0 Å². The smallest absolute Gasteiger partial charge is 0.311 e. The van der Waals surface area contributed by atoms with E-state index in [9.17, 15) is 9.90 Å². The van der Waals surface area contributed by atoms with Gasteiger partial charge in [0.1, 0.15) is 0 Å². The highest BCUT2D eigenvalue weighted by molar-refractivity contribution is 5.73. The first kappa shape index (κ1) is 16.5. The molecule has 20 heavy (non-hydrogen) atoms. The van der Waals surface area contributed by atoms with Crippen LogP contribution in [-0.4, -0.2) is 11.1 Å². The summed E-state index contributed by atoms with van der Waals surface area (Å²) in [5, 5.41) is 10.5. The highest BCUT2D eigenvalue weighted by Gasteiger charge is 2.30. The van der Waals surface area contributed by atoms with Crippen LogP contribution >= 0.6 is 0 Å². The second-order valence-electron chi connectivity index (χ2n) is 7.16. The number of carbonyl (C=O) groups excluding carboxylic acids is 1. The monoisotopic (exact) mass is 278 g/mol. The SMILES string of the molecule is CCC(=O)Oc1ccc(C(C)(C)C)c(C(C)(C)C)c1O. The Morgan fingerprint density at radius 2 is 1.65 bits per heavy atom. The largest absolute Gasteiger partial charge is 0.504 e. The highest BCUT2D eigenvalue weighted by atomic mass is 16.5. The van der Waals surface area contributed by atoms with Crippen molar-refractivity contribution in [1.29, 1.82) is 0 Å². The molecule has 0 saturated carbocycles. The number of ether oxygens (including phenoxy) is 1. The molecule has 0 fully saturated rings. The highest BCUT2D eigenvalue weighted by Crippen LogP contribution is 2.44. The number of hydrogen-bond acceptors (Lipinski definition) is 3. The van der Waals surface area contributed by atoms with E-state index in [1.165, 1.54) is 0 Å². The fraction of sp³-hybridized carbons (Fsp3) is 0.588. The summed E-state index contributed by atoms with van der Waals surface area (Å²) in [6.07, 6.45) is 0.283. The molecule has 0 aromatic heterocycles. The van der Waals surface area contributed by atoms with Crippen molar-refractivity contribution in [3.63, 3.8) is 0 Å². The number of rotatable bonds is 2. The minimum absolute atomic E-state index is 0.0757. The number of hydrogen-bond donors (Lipinski definition) is 1. The van der Waals surface area contributed by atoms with Gasteiger partial charge < -0.3 is 9.84 Å². The van der Waals surface area contributed by atoms with Crippen LogP contribution in [0.25, 0.3) is 0 Å². The fourth-order valence-corrected chi connectivity index (χ4v) is 2.23. The van der Waals surface area contributed by atoms with Gasteiger partial charge in [-0.05, 0) is 22.5 Å². The summed E-state index contributed by atoms with van der Waals surface area (Å²) in [4.78, 5) is 11.4. The van der Waals surface area contributed by atoms with E-state index in [1.54, 1.807) is 13.0 Å². The summed E-state index contributed by atoms with van der Waals surface area (Å²) in [6.45, 7) is 14.2. The number of phenolic OH excluding ortho intramolecular Hbond substituents is 1. The van der Waals surface area contributed by atoms with Gasteiger partial charge in [0.25, 0.3) is 0 Å². The number of benzene rings is 1. The first-order chi connectivity index (χ1) is 8.98. The lowest BCUT2D eigenvalue weighted by Crippen LogP contribution is -2.22. The van der Waals surface area contributed by atoms with Crippen LogP contribution < -0.4 is 4.74 Å². The first-order valence-electron chi connectivity index (χ1n) is 7.06. The Labute approximate surface area is 122 Å². The molecule has 1 aromatic carbocycles. The van der Waals surface area contributed by atoms with Crippen molar-refractivity contribution in [3.8, 4) is 11.5 Å². The van der Waals surface area contributed by atoms with Gasteiger partial charge in [-0.25, -0.2) is 0 Å². The molecule has 3 nitrogen and oxygen atoms in total. The first-order valence-corrected chi connectivity index (χ1v) is 7.06. The Morgan fingerprint density at radius 3 is 2.05 bits per heavy atom. The summed E-state index contributed by atoms with van der Waals surface area (Å²) >= 11 is 0. The predicted octanol–water partition coefficient (Wildman–Crippen LogP) is 4.30. The van der Waals surface area contributed by atoms with Crippen LogP contribution in [0.15, 0.2) is 12.1 Å². The molecule has 0 saturated heterocycles. The van der Waals surface area contributed by atoms with E-state index in [1.807, 2.05) is 26.8 Å². The molecule has 0 aliphatic heterocycles. The third kappa shape index (κ3) is 3.53. The van der Waals surface area contributed by atoms with Crippen molar-refractivity contribution >= 4 is 5.97 Å². The molecule has 0 bridgehead atoms. The fourth-order valence-electron chi connectivity index (χ4n) is 2.23. The molecule has 0 radical (unpaired) electrons. The maximum absolute atomic E-state index is 11.4. The molecule has 3 heteroatoms. The third-order valence-corrected chi connectivity index (χ3v) is 3.21. The van der Waals surface area contributed by atoms with Crippen molar-refractivity contribution in [1.82, 2.24) is 0 Å². The Hall–Kier alpha value is -1.51. The average molecular weight is 278 g/mol. The van der Waals surface area contributed by atoms with Gasteiger partial charge in [-0.3, -0.25) is 4.79 Å². The summed E-state index contributed by atoms with van der Waals surface area (Å²) < 4.78 is 5.21. The topological polar surface area (TPSA) is 46.5 Å². The molecule has 112 valence electrons. The van der Waals surface area contributed by atoms with Crippen LogP contribution in [-0.2, 0) is 15.6 Å².